The molecule has 1 fully saturated rings. The maximum atomic E-state index is 12.5. The molecule has 24 heavy (non-hydrogen) atoms. The fourth-order valence-corrected chi connectivity index (χ4v) is 2.92. The molecular formula is C18H22N2O4. The molecule has 1 amide bonds. The van der Waals surface area contributed by atoms with Crippen molar-refractivity contribution in [3.63, 3.8) is 0 Å². The number of nitrogens with zero attached hydrogens (tertiary/aromatic N) is 2. The Morgan fingerprint density at radius 1 is 1.38 bits per heavy atom. The molecule has 128 valence electrons. The molecule has 0 radical (unpaired) electrons. The Morgan fingerprint density at radius 2 is 2.17 bits per heavy atom. The van der Waals surface area contributed by atoms with Gasteiger partial charge >= 0.3 is 0 Å². The molecule has 0 bridgehead atoms. The molecule has 1 aliphatic rings. The van der Waals surface area contributed by atoms with E-state index in [1.165, 1.54) is 0 Å². The van der Waals surface area contributed by atoms with E-state index in [4.69, 9.17) is 14.0 Å². The lowest BCUT2D eigenvalue weighted by Gasteiger charge is -2.28. The summed E-state index contributed by atoms with van der Waals surface area (Å²) in [6.07, 6.45) is 0.720. The second-order valence-corrected chi connectivity index (χ2v) is 6.24. The minimum atomic E-state index is -0.503. The largest absolute Gasteiger partial charge is 0.490 e. The van der Waals surface area contributed by atoms with Crippen LogP contribution >= 0.6 is 0 Å². The Kier molecular flexibility index (Phi) is 4.57. The molecule has 0 N–H and O–H groups in total. The Balaban J connectivity index is 1.66. The fraction of sp³-hybridized carbons (Fsp3) is 0.444. The summed E-state index contributed by atoms with van der Waals surface area (Å²) in [4.78, 5) is 14.2. The second-order valence-electron chi connectivity index (χ2n) is 6.24. The van der Waals surface area contributed by atoms with E-state index in [0.717, 1.165) is 17.7 Å². The summed E-state index contributed by atoms with van der Waals surface area (Å²) in [5.74, 6) is 1.32. The zero-order valence-electron chi connectivity index (χ0n) is 14.2. The monoisotopic (exact) mass is 330 g/mol. The van der Waals surface area contributed by atoms with Gasteiger partial charge in [-0.1, -0.05) is 23.4 Å². The van der Waals surface area contributed by atoms with Crippen LogP contribution in [0, 0.1) is 13.8 Å². The van der Waals surface area contributed by atoms with Gasteiger partial charge in [0, 0.05) is 19.7 Å². The number of hydrogen-bond donors (Lipinski definition) is 0. The summed E-state index contributed by atoms with van der Waals surface area (Å²) in [6, 6.07) is 9.52. The molecular weight excluding hydrogens is 308 g/mol. The number of carbonyl (C=O) groups is 1. The highest BCUT2D eigenvalue weighted by Crippen LogP contribution is 2.28. The van der Waals surface area contributed by atoms with Crippen LogP contribution < -0.4 is 4.74 Å². The molecule has 2 heterocycles. The summed E-state index contributed by atoms with van der Waals surface area (Å²) < 4.78 is 16.7. The van der Waals surface area contributed by atoms with Crippen molar-refractivity contribution in [2.75, 3.05) is 26.8 Å². The number of methoxy groups -OCH3 is 1. The predicted molar refractivity (Wildman–Crippen MR) is 88.2 cm³/mol. The molecule has 1 saturated heterocycles. The molecule has 1 aromatic heterocycles. The van der Waals surface area contributed by atoms with Crippen molar-refractivity contribution in [3.8, 4) is 5.75 Å². The normalized spacial score (nSPS) is 20.4. The third-order valence-corrected chi connectivity index (χ3v) is 4.47. The zero-order valence-corrected chi connectivity index (χ0v) is 14.2. The molecule has 6 heteroatoms. The van der Waals surface area contributed by atoms with E-state index < -0.39 is 5.60 Å². The van der Waals surface area contributed by atoms with Gasteiger partial charge in [-0.2, -0.15) is 0 Å². The molecule has 1 aliphatic heterocycles. The Morgan fingerprint density at radius 3 is 2.83 bits per heavy atom. The van der Waals surface area contributed by atoms with Crippen LogP contribution in [0.15, 0.2) is 34.9 Å². The summed E-state index contributed by atoms with van der Waals surface area (Å²) in [5.41, 5.74) is 0.906. The molecule has 0 spiro atoms. The van der Waals surface area contributed by atoms with Crippen molar-refractivity contribution >= 4 is 5.91 Å². The van der Waals surface area contributed by atoms with Crippen molar-refractivity contribution in [2.24, 2.45) is 0 Å². The quantitative estimate of drug-likeness (QED) is 0.843. The molecule has 2 aromatic rings. The van der Waals surface area contributed by atoms with E-state index in [-0.39, 0.29) is 5.91 Å². The van der Waals surface area contributed by atoms with Crippen LogP contribution in [0.3, 0.4) is 0 Å². The molecule has 0 unspecified atom stereocenters. The number of aromatic nitrogens is 1. The van der Waals surface area contributed by atoms with Gasteiger partial charge < -0.3 is 18.9 Å². The zero-order chi connectivity index (χ0) is 17.2. The molecule has 1 aromatic carbocycles. The van der Waals surface area contributed by atoms with Gasteiger partial charge in [-0.05, 0) is 31.9 Å². The first-order valence-corrected chi connectivity index (χ1v) is 7.99. The van der Waals surface area contributed by atoms with Crippen LogP contribution in [0.1, 0.15) is 28.2 Å². The first kappa shape index (κ1) is 16.5. The molecule has 1 atom stereocenters. The molecule has 3 rings (SSSR count). The van der Waals surface area contributed by atoms with Crippen molar-refractivity contribution in [2.45, 2.75) is 25.9 Å². The number of benzene rings is 1. The number of hydrogen-bond acceptors (Lipinski definition) is 5. The number of aryl methyl sites for hydroxylation is 2. The summed E-state index contributed by atoms with van der Waals surface area (Å²) >= 11 is 0. The van der Waals surface area contributed by atoms with E-state index in [0.29, 0.717) is 31.2 Å². The topological polar surface area (TPSA) is 64.8 Å². The molecule has 6 nitrogen and oxygen atoms in total. The van der Waals surface area contributed by atoms with Crippen LogP contribution in [0.4, 0.5) is 0 Å². The van der Waals surface area contributed by atoms with Gasteiger partial charge in [-0.25, -0.2) is 0 Å². The number of amides is 1. The summed E-state index contributed by atoms with van der Waals surface area (Å²) in [7, 11) is 1.66. The fourth-order valence-electron chi connectivity index (χ4n) is 2.92. The average molecular weight is 330 g/mol. The second kappa shape index (κ2) is 6.65. The smallest absolute Gasteiger partial charge is 0.276 e. The Labute approximate surface area is 141 Å². The Bertz CT molecular complexity index is 727. The van der Waals surface area contributed by atoms with Gasteiger partial charge in [-0.3, -0.25) is 4.79 Å². The maximum absolute atomic E-state index is 12.5. The standard InChI is InChI=1S/C18H22N2O4/c1-13-6-4-5-7-16(13)23-12-18(22-3)8-9-20(11-18)17(21)15-10-14(2)24-19-15/h4-7,10H,8-9,11-12H2,1-3H3/t18-/m1/s1. The van der Waals surface area contributed by atoms with E-state index >= 15 is 0 Å². The van der Waals surface area contributed by atoms with Gasteiger partial charge in [0.05, 0.1) is 6.54 Å². The van der Waals surface area contributed by atoms with Crippen LogP contribution in [-0.2, 0) is 4.74 Å². The van der Waals surface area contributed by atoms with Gasteiger partial charge in [-0.15, -0.1) is 0 Å². The SMILES string of the molecule is CO[C@]1(COc2ccccc2C)CCN(C(=O)c2cc(C)on2)C1. The van der Waals surface area contributed by atoms with Gasteiger partial charge in [0.1, 0.15) is 23.7 Å². The lowest BCUT2D eigenvalue weighted by atomic mass is 10.0. The highest BCUT2D eigenvalue weighted by Gasteiger charge is 2.42. The first-order chi connectivity index (χ1) is 11.5. The lowest BCUT2D eigenvalue weighted by Crippen LogP contribution is -2.42. The third kappa shape index (κ3) is 3.28. The molecule has 0 aliphatic carbocycles. The van der Waals surface area contributed by atoms with Crippen molar-refractivity contribution < 1.29 is 18.8 Å². The van der Waals surface area contributed by atoms with Crippen molar-refractivity contribution in [1.82, 2.24) is 10.1 Å². The minimum absolute atomic E-state index is 0.137. The minimum Gasteiger partial charge on any atom is -0.490 e. The highest BCUT2D eigenvalue weighted by molar-refractivity contribution is 5.92. The van der Waals surface area contributed by atoms with Crippen LogP contribution in [0.2, 0.25) is 0 Å². The molecule has 0 saturated carbocycles. The number of likely N-dealkylation sites (tertiary alicyclic amines) is 1. The van der Waals surface area contributed by atoms with Gasteiger partial charge in [0.15, 0.2) is 5.69 Å². The van der Waals surface area contributed by atoms with Crippen molar-refractivity contribution in [1.29, 1.82) is 0 Å². The number of ether oxygens (including phenoxy) is 2. The number of carbonyl (C=O) groups excluding carboxylic acids is 1. The predicted octanol–water partition coefficient (Wildman–Crippen LogP) is 2.60. The van der Waals surface area contributed by atoms with Crippen LogP contribution in [0.5, 0.6) is 5.75 Å². The van der Waals surface area contributed by atoms with E-state index in [1.54, 1.807) is 25.0 Å². The number of para-hydroxylation sites is 1. The van der Waals surface area contributed by atoms with Crippen LogP contribution in [0.25, 0.3) is 0 Å². The maximum Gasteiger partial charge on any atom is 0.276 e. The van der Waals surface area contributed by atoms with Gasteiger partial charge in [0.2, 0.25) is 0 Å². The van der Waals surface area contributed by atoms with Crippen LogP contribution in [-0.4, -0.2) is 48.4 Å². The van der Waals surface area contributed by atoms with E-state index in [1.807, 2.05) is 31.2 Å². The lowest BCUT2D eigenvalue weighted by molar-refractivity contribution is -0.0344. The Hall–Kier alpha value is -2.34. The third-order valence-electron chi connectivity index (χ3n) is 4.47. The first-order valence-electron chi connectivity index (χ1n) is 7.99. The van der Waals surface area contributed by atoms with E-state index in [2.05, 4.69) is 5.16 Å². The van der Waals surface area contributed by atoms with Gasteiger partial charge in [0.25, 0.3) is 5.91 Å². The highest BCUT2D eigenvalue weighted by atomic mass is 16.5. The summed E-state index contributed by atoms with van der Waals surface area (Å²) in [6.45, 7) is 5.25. The number of rotatable bonds is 5. The van der Waals surface area contributed by atoms with E-state index in [9.17, 15) is 4.79 Å². The summed E-state index contributed by atoms with van der Waals surface area (Å²) in [5, 5.41) is 3.80. The van der Waals surface area contributed by atoms with Crippen molar-refractivity contribution in [3.05, 3.63) is 47.3 Å². The average Bonchev–Trinajstić information content (AvgIpc) is 3.21.